The molecule has 2 fully saturated rings. The van der Waals surface area contributed by atoms with Crippen molar-refractivity contribution in [2.24, 2.45) is 0 Å². The summed E-state index contributed by atoms with van der Waals surface area (Å²) >= 11 is 0. The number of aryl methyl sites for hydroxylation is 2. The molecule has 1 aliphatic heterocycles. The van der Waals surface area contributed by atoms with Gasteiger partial charge in [-0.05, 0) is 80.3 Å². The second kappa shape index (κ2) is 12.5. The number of halogens is 4. The summed E-state index contributed by atoms with van der Waals surface area (Å²) in [5, 5.41) is 7.12. The number of benzene rings is 2. The first-order valence-electron chi connectivity index (χ1n) is 12.6. The van der Waals surface area contributed by atoms with Gasteiger partial charge in [0.15, 0.2) is 0 Å². The van der Waals surface area contributed by atoms with Gasteiger partial charge in [0.25, 0.3) is 5.91 Å². The highest BCUT2D eigenvalue weighted by atomic mass is 32.2. The van der Waals surface area contributed by atoms with E-state index in [2.05, 4.69) is 36.9 Å². The fourth-order valence-electron chi connectivity index (χ4n) is 4.38. The average Bonchev–Trinajstić information content (AvgIpc) is 3.66. The van der Waals surface area contributed by atoms with Crippen LogP contribution in [-0.2, 0) is 21.4 Å². The fraction of sp³-hybridized carbons (Fsp3) is 0.481. The number of likely N-dealkylation sites (tertiary alicyclic amines) is 1. The van der Waals surface area contributed by atoms with Gasteiger partial charge in [-0.3, -0.25) is 9.69 Å². The van der Waals surface area contributed by atoms with Crippen molar-refractivity contribution < 1.29 is 45.4 Å². The average molecular weight is 589 g/mol. The van der Waals surface area contributed by atoms with E-state index in [0.29, 0.717) is 5.75 Å². The van der Waals surface area contributed by atoms with E-state index >= 15 is 0 Å². The molecule has 40 heavy (non-hydrogen) atoms. The van der Waals surface area contributed by atoms with Crippen LogP contribution in [0.25, 0.3) is 0 Å². The largest absolute Gasteiger partial charge is 0.490 e. The molecule has 4 rings (SSSR count). The van der Waals surface area contributed by atoms with Crippen LogP contribution >= 0.6 is 0 Å². The van der Waals surface area contributed by atoms with Gasteiger partial charge in [0.05, 0.1) is 11.8 Å². The molecule has 1 aliphatic carbocycles. The van der Waals surface area contributed by atoms with Gasteiger partial charge in [-0.1, -0.05) is 18.2 Å². The van der Waals surface area contributed by atoms with Crippen LogP contribution in [0, 0.1) is 19.7 Å². The first kappa shape index (κ1) is 31.3. The summed E-state index contributed by atoms with van der Waals surface area (Å²) < 4.78 is 77.4. The highest BCUT2D eigenvalue weighted by Crippen LogP contribution is 2.45. The molecule has 1 amide bonds. The van der Waals surface area contributed by atoms with E-state index in [1.807, 2.05) is 4.72 Å². The van der Waals surface area contributed by atoms with Crippen LogP contribution in [0.4, 0.5) is 17.6 Å². The van der Waals surface area contributed by atoms with Crippen LogP contribution in [0.15, 0.2) is 30.3 Å². The van der Waals surface area contributed by atoms with Crippen molar-refractivity contribution in [3.8, 4) is 5.75 Å². The van der Waals surface area contributed by atoms with Gasteiger partial charge < -0.3 is 9.84 Å². The SMILES string of the molecule is Cc1ccc(CN2CCC[C@@H](Oc3cc(F)c(C(=O)NS(C)(=O)=O)cc3C3CC3)C2)cc1C.O=C(O)C(F)(F)F. The number of aliphatic carboxylic acids is 1. The number of hydrogen-bond acceptors (Lipinski definition) is 6. The lowest BCUT2D eigenvalue weighted by molar-refractivity contribution is -0.192. The number of nitrogens with zero attached hydrogens (tertiary/aromatic N) is 1. The summed E-state index contributed by atoms with van der Waals surface area (Å²) in [7, 11) is -3.78. The Labute approximate surface area is 230 Å². The van der Waals surface area contributed by atoms with Crippen molar-refractivity contribution in [2.75, 3.05) is 19.3 Å². The molecule has 1 saturated heterocycles. The van der Waals surface area contributed by atoms with E-state index in [1.165, 1.54) is 28.8 Å². The van der Waals surface area contributed by atoms with Gasteiger partial charge in [0.1, 0.15) is 17.7 Å². The lowest BCUT2D eigenvalue weighted by Crippen LogP contribution is -2.40. The minimum absolute atomic E-state index is 0.0714. The maximum absolute atomic E-state index is 14.8. The van der Waals surface area contributed by atoms with E-state index in [0.717, 1.165) is 57.1 Å². The standard InChI is InChI=1S/C25H31FN2O4S.C2HF3O2/c1-16-6-7-18(11-17(16)2)14-28-10-4-5-20(15-28)32-24-13-23(26)22(12-21(24)19-8-9-19)25(29)27-33(3,30)31;3-2(4,5)1(6)7/h6-7,11-13,19-20H,4-5,8-10,14-15H2,1-3H3,(H,27,29);(H,6,7)/t20-;/m1./s1. The number of carboxylic acids is 1. The predicted octanol–water partition coefficient (Wildman–Crippen LogP) is 4.69. The number of carbonyl (C=O) groups is 2. The molecule has 220 valence electrons. The summed E-state index contributed by atoms with van der Waals surface area (Å²) in [6, 6.07) is 9.23. The van der Waals surface area contributed by atoms with Crippen LogP contribution in [0.3, 0.4) is 0 Å². The molecular formula is C27H32F4N2O6S. The number of amides is 1. The molecule has 2 aliphatic rings. The molecule has 0 bridgehead atoms. The predicted molar refractivity (Wildman–Crippen MR) is 139 cm³/mol. The Bertz CT molecular complexity index is 1360. The molecule has 0 aromatic heterocycles. The van der Waals surface area contributed by atoms with Gasteiger partial charge in [-0.15, -0.1) is 0 Å². The first-order chi connectivity index (χ1) is 18.5. The first-order valence-corrected chi connectivity index (χ1v) is 14.5. The summed E-state index contributed by atoms with van der Waals surface area (Å²) in [4.78, 5) is 23.5. The van der Waals surface area contributed by atoms with E-state index in [4.69, 9.17) is 14.6 Å². The highest BCUT2D eigenvalue weighted by molar-refractivity contribution is 7.89. The van der Waals surface area contributed by atoms with Gasteiger partial charge in [-0.25, -0.2) is 22.3 Å². The Morgan fingerprint density at radius 1 is 1.10 bits per heavy atom. The van der Waals surface area contributed by atoms with Crippen LogP contribution in [0.2, 0.25) is 0 Å². The number of piperidine rings is 1. The number of alkyl halides is 3. The molecule has 13 heteroatoms. The lowest BCUT2D eigenvalue weighted by Gasteiger charge is -2.33. The van der Waals surface area contributed by atoms with E-state index in [-0.39, 0.29) is 17.6 Å². The van der Waals surface area contributed by atoms with Crippen molar-refractivity contribution >= 4 is 21.9 Å². The zero-order chi connectivity index (χ0) is 29.8. The van der Waals surface area contributed by atoms with E-state index in [1.54, 1.807) is 0 Å². The summed E-state index contributed by atoms with van der Waals surface area (Å²) in [6.45, 7) is 6.80. The second-order valence-electron chi connectivity index (χ2n) is 10.2. The van der Waals surface area contributed by atoms with Crippen molar-refractivity contribution in [1.82, 2.24) is 9.62 Å². The molecule has 1 heterocycles. The number of rotatable bonds is 7. The van der Waals surface area contributed by atoms with Crippen LogP contribution in [0.1, 0.15) is 64.2 Å². The van der Waals surface area contributed by atoms with Crippen LogP contribution in [-0.4, -0.2) is 61.9 Å². The molecular weight excluding hydrogens is 556 g/mol. The number of nitrogens with one attached hydrogen (secondary N) is 1. The molecule has 0 spiro atoms. The van der Waals surface area contributed by atoms with Crippen LogP contribution < -0.4 is 9.46 Å². The molecule has 2 aromatic rings. The Hall–Kier alpha value is -3.19. The molecule has 0 radical (unpaired) electrons. The molecule has 2 N–H and O–H groups in total. The minimum atomic E-state index is -5.08. The summed E-state index contributed by atoms with van der Waals surface area (Å²) in [6.07, 6.45) is -0.526. The topological polar surface area (TPSA) is 113 Å². The number of hydrogen-bond donors (Lipinski definition) is 2. The molecule has 8 nitrogen and oxygen atoms in total. The normalized spacial score (nSPS) is 17.9. The van der Waals surface area contributed by atoms with Crippen molar-refractivity contribution in [2.45, 2.75) is 64.3 Å². The minimum Gasteiger partial charge on any atom is -0.489 e. The lowest BCUT2D eigenvalue weighted by atomic mass is 10.0. The Morgan fingerprint density at radius 2 is 1.75 bits per heavy atom. The smallest absolute Gasteiger partial charge is 0.489 e. The maximum Gasteiger partial charge on any atom is 0.490 e. The molecule has 1 atom stereocenters. The summed E-state index contributed by atoms with van der Waals surface area (Å²) in [5.74, 6) is -3.82. The monoisotopic (exact) mass is 588 g/mol. The van der Waals surface area contributed by atoms with Crippen LogP contribution in [0.5, 0.6) is 5.75 Å². The third-order valence-electron chi connectivity index (χ3n) is 6.62. The summed E-state index contributed by atoms with van der Waals surface area (Å²) in [5.41, 5.74) is 4.34. The Kier molecular flexibility index (Phi) is 9.83. The van der Waals surface area contributed by atoms with Crippen molar-refractivity contribution in [3.63, 3.8) is 0 Å². The number of ether oxygens (including phenoxy) is 1. The van der Waals surface area contributed by atoms with Gasteiger partial charge in [0.2, 0.25) is 10.0 Å². The number of carboxylic acid groups (broad SMARTS) is 1. The maximum atomic E-state index is 14.8. The van der Waals surface area contributed by atoms with Gasteiger partial charge in [-0.2, -0.15) is 13.2 Å². The van der Waals surface area contributed by atoms with E-state index < -0.39 is 33.9 Å². The van der Waals surface area contributed by atoms with Gasteiger partial charge in [0, 0.05) is 19.2 Å². The van der Waals surface area contributed by atoms with E-state index in [9.17, 15) is 30.8 Å². The Balaban J connectivity index is 0.000000559. The second-order valence-corrected chi connectivity index (χ2v) is 11.9. The Morgan fingerprint density at radius 3 is 2.30 bits per heavy atom. The molecule has 1 saturated carbocycles. The molecule has 2 aromatic carbocycles. The highest BCUT2D eigenvalue weighted by Gasteiger charge is 2.38. The zero-order valence-electron chi connectivity index (χ0n) is 22.3. The van der Waals surface area contributed by atoms with Crippen molar-refractivity contribution in [3.05, 3.63) is 64.0 Å². The molecule has 0 unspecified atom stereocenters. The number of sulfonamides is 1. The fourth-order valence-corrected chi connectivity index (χ4v) is 4.82. The third-order valence-corrected chi connectivity index (χ3v) is 7.17. The van der Waals surface area contributed by atoms with Gasteiger partial charge >= 0.3 is 12.1 Å². The number of carbonyl (C=O) groups excluding carboxylic acids is 1. The van der Waals surface area contributed by atoms with Crippen molar-refractivity contribution in [1.29, 1.82) is 0 Å². The quantitative estimate of drug-likeness (QED) is 0.452. The third kappa shape index (κ3) is 9.19. The zero-order valence-corrected chi connectivity index (χ0v) is 23.2.